The van der Waals surface area contributed by atoms with Crippen LogP contribution in [0.25, 0.3) is 22.3 Å². The highest BCUT2D eigenvalue weighted by Gasteiger charge is 2.22. The van der Waals surface area contributed by atoms with E-state index in [-0.39, 0.29) is 11.9 Å². The standard InChI is InChI=1S/C27H28O4/c1-4-12-19-13-11-18-21(20-14-7-9-16-23(20)26(28)30-5-2)25(19)22-15-8-10-17-24(22)27(29)31-6-3/h7-11,13-18H,4-6,12H2,1-3H3. The number of rotatable bonds is 8. The third kappa shape index (κ3) is 4.85. The van der Waals surface area contributed by atoms with Crippen LogP contribution in [0.2, 0.25) is 0 Å². The molecule has 0 fully saturated rings. The molecule has 3 aromatic carbocycles. The number of benzene rings is 3. The lowest BCUT2D eigenvalue weighted by Gasteiger charge is -2.19. The second-order valence-corrected chi connectivity index (χ2v) is 7.12. The maximum Gasteiger partial charge on any atom is 0.338 e. The molecule has 0 saturated carbocycles. The van der Waals surface area contributed by atoms with Gasteiger partial charge in [-0.2, -0.15) is 0 Å². The highest BCUT2D eigenvalue weighted by molar-refractivity contribution is 6.04. The zero-order chi connectivity index (χ0) is 22.2. The molecule has 4 heteroatoms. The van der Waals surface area contributed by atoms with E-state index in [1.54, 1.807) is 26.0 Å². The summed E-state index contributed by atoms with van der Waals surface area (Å²) >= 11 is 0. The summed E-state index contributed by atoms with van der Waals surface area (Å²) < 4.78 is 10.6. The van der Waals surface area contributed by atoms with Gasteiger partial charge in [0.2, 0.25) is 0 Å². The van der Waals surface area contributed by atoms with E-state index in [1.807, 2.05) is 48.5 Å². The molecule has 0 atom stereocenters. The average Bonchev–Trinajstić information content (AvgIpc) is 2.79. The van der Waals surface area contributed by atoms with E-state index >= 15 is 0 Å². The maximum absolute atomic E-state index is 12.7. The lowest BCUT2D eigenvalue weighted by Crippen LogP contribution is -2.09. The van der Waals surface area contributed by atoms with Gasteiger partial charge in [-0.1, -0.05) is 67.9 Å². The molecule has 0 aliphatic carbocycles. The van der Waals surface area contributed by atoms with Crippen LogP contribution in [-0.4, -0.2) is 25.2 Å². The fourth-order valence-electron chi connectivity index (χ4n) is 3.81. The summed E-state index contributed by atoms with van der Waals surface area (Å²) in [4.78, 5) is 25.4. The van der Waals surface area contributed by atoms with Crippen molar-refractivity contribution in [1.29, 1.82) is 0 Å². The van der Waals surface area contributed by atoms with Crippen LogP contribution in [0.1, 0.15) is 53.5 Å². The van der Waals surface area contributed by atoms with E-state index in [9.17, 15) is 9.59 Å². The average molecular weight is 417 g/mol. The van der Waals surface area contributed by atoms with E-state index in [4.69, 9.17) is 9.47 Å². The lowest BCUT2D eigenvalue weighted by atomic mass is 9.85. The zero-order valence-corrected chi connectivity index (χ0v) is 18.3. The molecule has 0 heterocycles. The van der Waals surface area contributed by atoms with Crippen LogP contribution < -0.4 is 0 Å². The maximum atomic E-state index is 12.7. The van der Waals surface area contributed by atoms with Crippen molar-refractivity contribution in [3.8, 4) is 22.3 Å². The lowest BCUT2D eigenvalue weighted by molar-refractivity contribution is 0.0517. The Morgan fingerprint density at radius 3 is 1.74 bits per heavy atom. The van der Waals surface area contributed by atoms with Gasteiger partial charge in [-0.25, -0.2) is 9.59 Å². The smallest absolute Gasteiger partial charge is 0.338 e. The summed E-state index contributed by atoms with van der Waals surface area (Å²) in [6.45, 7) is 6.33. The van der Waals surface area contributed by atoms with Crippen LogP contribution >= 0.6 is 0 Å². The summed E-state index contributed by atoms with van der Waals surface area (Å²) in [5.74, 6) is -0.711. The largest absolute Gasteiger partial charge is 0.462 e. The van der Waals surface area contributed by atoms with E-state index < -0.39 is 0 Å². The molecule has 0 aromatic heterocycles. The van der Waals surface area contributed by atoms with Crippen LogP contribution in [-0.2, 0) is 15.9 Å². The zero-order valence-electron chi connectivity index (χ0n) is 18.3. The number of hydrogen-bond acceptors (Lipinski definition) is 4. The van der Waals surface area contributed by atoms with Crippen molar-refractivity contribution >= 4 is 11.9 Å². The molecule has 0 aliphatic heterocycles. The molecule has 3 rings (SSSR count). The highest BCUT2D eigenvalue weighted by Crippen LogP contribution is 2.39. The quantitative estimate of drug-likeness (QED) is 0.403. The minimum absolute atomic E-state index is 0.307. The number of aryl methyl sites for hydroxylation is 1. The Kier molecular flexibility index (Phi) is 7.60. The molecular formula is C27H28O4. The van der Waals surface area contributed by atoms with Gasteiger partial charge in [-0.3, -0.25) is 0 Å². The van der Waals surface area contributed by atoms with Crippen molar-refractivity contribution < 1.29 is 19.1 Å². The second kappa shape index (κ2) is 10.6. The molecule has 4 nitrogen and oxygen atoms in total. The molecule has 3 aromatic rings. The first-order chi connectivity index (χ1) is 15.1. The summed E-state index contributed by atoms with van der Waals surface area (Å²) in [6, 6.07) is 21.0. The third-order valence-corrected chi connectivity index (χ3v) is 5.07. The molecule has 0 unspecified atom stereocenters. The Hall–Kier alpha value is -3.40. The molecule has 160 valence electrons. The van der Waals surface area contributed by atoms with Crippen LogP contribution in [0.3, 0.4) is 0 Å². The number of esters is 2. The van der Waals surface area contributed by atoms with Crippen LogP contribution in [0, 0.1) is 0 Å². The second-order valence-electron chi connectivity index (χ2n) is 7.12. The van der Waals surface area contributed by atoms with Gasteiger partial charge in [0.05, 0.1) is 24.3 Å². The van der Waals surface area contributed by atoms with E-state index in [0.29, 0.717) is 24.3 Å². The molecule has 0 radical (unpaired) electrons. The van der Waals surface area contributed by atoms with Crippen LogP contribution in [0.5, 0.6) is 0 Å². The van der Waals surface area contributed by atoms with Gasteiger partial charge in [0.25, 0.3) is 0 Å². The van der Waals surface area contributed by atoms with Gasteiger partial charge < -0.3 is 9.47 Å². The number of carbonyl (C=O) groups is 2. The van der Waals surface area contributed by atoms with Crippen molar-refractivity contribution in [3.63, 3.8) is 0 Å². The van der Waals surface area contributed by atoms with E-state index in [0.717, 1.165) is 40.7 Å². The number of ether oxygens (including phenoxy) is 2. The molecule has 0 spiro atoms. The minimum atomic E-state index is -0.358. The van der Waals surface area contributed by atoms with Crippen molar-refractivity contribution in [3.05, 3.63) is 83.4 Å². The van der Waals surface area contributed by atoms with Gasteiger partial charge in [0, 0.05) is 0 Å². The predicted octanol–water partition coefficient (Wildman–Crippen LogP) is 6.33. The summed E-state index contributed by atoms with van der Waals surface area (Å²) in [7, 11) is 0. The molecule has 0 aliphatic rings. The first-order valence-electron chi connectivity index (χ1n) is 10.8. The normalized spacial score (nSPS) is 10.5. The Morgan fingerprint density at radius 2 is 1.16 bits per heavy atom. The first kappa shape index (κ1) is 22.3. The van der Waals surface area contributed by atoms with Crippen LogP contribution in [0.15, 0.2) is 66.7 Å². The topological polar surface area (TPSA) is 52.6 Å². The van der Waals surface area contributed by atoms with Gasteiger partial charge in [0.1, 0.15) is 0 Å². The molecule has 0 saturated heterocycles. The van der Waals surface area contributed by atoms with Crippen molar-refractivity contribution in [1.82, 2.24) is 0 Å². The summed E-state index contributed by atoms with van der Waals surface area (Å²) in [6.07, 6.45) is 1.81. The predicted molar refractivity (Wildman–Crippen MR) is 123 cm³/mol. The van der Waals surface area contributed by atoms with Gasteiger partial charge >= 0.3 is 11.9 Å². The summed E-state index contributed by atoms with van der Waals surface area (Å²) in [5.41, 5.74) is 5.58. The minimum Gasteiger partial charge on any atom is -0.462 e. The molecule has 0 bridgehead atoms. The molecular weight excluding hydrogens is 388 g/mol. The Labute approximate surface area is 183 Å². The van der Waals surface area contributed by atoms with Gasteiger partial charge in [-0.05, 0) is 60.2 Å². The Balaban J connectivity index is 2.30. The van der Waals surface area contributed by atoms with Gasteiger partial charge in [-0.15, -0.1) is 0 Å². The molecule has 0 amide bonds. The van der Waals surface area contributed by atoms with E-state index in [1.165, 1.54) is 0 Å². The van der Waals surface area contributed by atoms with Crippen molar-refractivity contribution in [2.24, 2.45) is 0 Å². The summed E-state index contributed by atoms with van der Waals surface area (Å²) in [5, 5.41) is 0. The molecule has 0 N–H and O–H groups in total. The Morgan fingerprint density at radius 1 is 0.645 bits per heavy atom. The Bertz CT molecular complexity index is 1070. The highest BCUT2D eigenvalue weighted by atomic mass is 16.5. The first-order valence-corrected chi connectivity index (χ1v) is 10.8. The van der Waals surface area contributed by atoms with Crippen molar-refractivity contribution in [2.45, 2.75) is 33.6 Å². The fourth-order valence-corrected chi connectivity index (χ4v) is 3.81. The van der Waals surface area contributed by atoms with Crippen molar-refractivity contribution in [2.75, 3.05) is 13.2 Å². The monoisotopic (exact) mass is 416 g/mol. The number of carbonyl (C=O) groups excluding carboxylic acids is 2. The van der Waals surface area contributed by atoms with Crippen LogP contribution in [0.4, 0.5) is 0 Å². The third-order valence-electron chi connectivity index (χ3n) is 5.07. The fraction of sp³-hybridized carbons (Fsp3) is 0.259. The van der Waals surface area contributed by atoms with E-state index in [2.05, 4.69) is 13.0 Å². The number of hydrogen-bond donors (Lipinski definition) is 0. The SMILES string of the molecule is CCCc1cccc(-c2ccccc2C(=O)OCC)c1-c1ccccc1C(=O)OCC. The van der Waals surface area contributed by atoms with Gasteiger partial charge in [0.15, 0.2) is 0 Å². The molecule has 31 heavy (non-hydrogen) atoms.